The summed E-state index contributed by atoms with van der Waals surface area (Å²) in [6, 6.07) is 19.8. The third-order valence-corrected chi connectivity index (χ3v) is 6.00. The molecule has 1 aliphatic rings. The number of nitrogens with one attached hydrogen (secondary N) is 1. The SMILES string of the molecule is Cn1c(NC2CCCC2O)nc2nc(-c3ccccc3)n(Cc3ccccc3)c2c1=O. The van der Waals surface area contributed by atoms with Crippen LogP contribution in [-0.2, 0) is 13.6 Å². The molecule has 0 amide bonds. The molecule has 2 heterocycles. The summed E-state index contributed by atoms with van der Waals surface area (Å²) in [7, 11) is 1.71. The van der Waals surface area contributed by atoms with Gasteiger partial charge in [-0.1, -0.05) is 60.7 Å². The van der Waals surface area contributed by atoms with Gasteiger partial charge in [-0.15, -0.1) is 0 Å². The summed E-state index contributed by atoms with van der Waals surface area (Å²) in [6.07, 6.45) is 2.15. The first-order valence-electron chi connectivity index (χ1n) is 10.6. The third-order valence-electron chi connectivity index (χ3n) is 6.00. The van der Waals surface area contributed by atoms with Crippen LogP contribution in [0.15, 0.2) is 65.5 Å². The number of benzene rings is 2. The number of hydrogen-bond acceptors (Lipinski definition) is 5. The molecule has 31 heavy (non-hydrogen) atoms. The molecule has 0 radical (unpaired) electrons. The molecule has 1 aliphatic carbocycles. The normalized spacial score (nSPS) is 18.5. The lowest BCUT2D eigenvalue weighted by atomic mass is 10.2. The van der Waals surface area contributed by atoms with Gasteiger partial charge in [0.1, 0.15) is 5.82 Å². The van der Waals surface area contributed by atoms with Gasteiger partial charge in [0.2, 0.25) is 5.95 Å². The summed E-state index contributed by atoms with van der Waals surface area (Å²) in [5, 5.41) is 13.5. The van der Waals surface area contributed by atoms with Crippen molar-refractivity contribution in [3.8, 4) is 11.4 Å². The highest BCUT2D eigenvalue weighted by atomic mass is 16.3. The van der Waals surface area contributed by atoms with Crippen LogP contribution in [0.2, 0.25) is 0 Å². The maximum Gasteiger partial charge on any atom is 0.280 e. The zero-order valence-corrected chi connectivity index (χ0v) is 17.4. The summed E-state index contributed by atoms with van der Waals surface area (Å²) in [5.74, 6) is 1.15. The molecule has 2 aromatic heterocycles. The highest BCUT2D eigenvalue weighted by Crippen LogP contribution is 2.26. The van der Waals surface area contributed by atoms with Crippen molar-refractivity contribution in [2.45, 2.75) is 38.0 Å². The summed E-state index contributed by atoms with van der Waals surface area (Å²) in [5.41, 5.74) is 2.73. The molecule has 2 unspecified atom stereocenters. The smallest absolute Gasteiger partial charge is 0.280 e. The Morgan fingerprint density at radius 1 is 1.03 bits per heavy atom. The van der Waals surface area contributed by atoms with Gasteiger partial charge in [0.25, 0.3) is 5.56 Å². The van der Waals surface area contributed by atoms with E-state index in [-0.39, 0.29) is 11.6 Å². The Kier molecular flexibility index (Phi) is 5.03. The van der Waals surface area contributed by atoms with Crippen molar-refractivity contribution in [1.82, 2.24) is 19.1 Å². The number of aliphatic hydroxyl groups is 1. The van der Waals surface area contributed by atoms with Gasteiger partial charge in [0, 0.05) is 19.2 Å². The van der Waals surface area contributed by atoms with Crippen LogP contribution in [0.4, 0.5) is 5.95 Å². The molecule has 5 rings (SSSR count). The van der Waals surface area contributed by atoms with E-state index < -0.39 is 6.10 Å². The average Bonchev–Trinajstić information content (AvgIpc) is 3.36. The Labute approximate surface area is 180 Å². The number of rotatable bonds is 5. The molecule has 2 N–H and O–H groups in total. The second kappa shape index (κ2) is 8.00. The van der Waals surface area contributed by atoms with E-state index in [2.05, 4.69) is 5.32 Å². The van der Waals surface area contributed by atoms with E-state index in [0.29, 0.717) is 29.5 Å². The van der Waals surface area contributed by atoms with Gasteiger partial charge < -0.3 is 15.0 Å². The number of fused-ring (bicyclic) bond motifs is 1. The van der Waals surface area contributed by atoms with Crippen LogP contribution in [0.3, 0.4) is 0 Å². The van der Waals surface area contributed by atoms with E-state index in [1.165, 1.54) is 4.57 Å². The van der Waals surface area contributed by atoms with Gasteiger partial charge >= 0.3 is 0 Å². The van der Waals surface area contributed by atoms with E-state index in [1.807, 2.05) is 65.2 Å². The fourth-order valence-electron chi connectivity index (χ4n) is 4.29. The second-order valence-corrected chi connectivity index (χ2v) is 8.09. The van der Waals surface area contributed by atoms with Crippen LogP contribution in [0, 0.1) is 0 Å². The fraction of sp³-hybridized carbons (Fsp3) is 0.292. The van der Waals surface area contributed by atoms with Crippen LogP contribution in [0.1, 0.15) is 24.8 Å². The predicted molar refractivity (Wildman–Crippen MR) is 121 cm³/mol. The monoisotopic (exact) mass is 415 g/mol. The van der Waals surface area contributed by atoms with Gasteiger partial charge in [-0.05, 0) is 24.8 Å². The molecule has 158 valence electrons. The first kappa shape index (κ1) is 19.5. The van der Waals surface area contributed by atoms with Gasteiger partial charge in [-0.2, -0.15) is 4.98 Å². The number of aliphatic hydroxyl groups excluding tert-OH is 1. The van der Waals surface area contributed by atoms with E-state index in [1.54, 1.807) is 7.05 Å². The zero-order chi connectivity index (χ0) is 21.4. The van der Waals surface area contributed by atoms with Gasteiger partial charge in [0.15, 0.2) is 11.2 Å². The molecular formula is C24H25N5O2. The number of imidazole rings is 1. The van der Waals surface area contributed by atoms with Crippen LogP contribution < -0.4 is 10.9 Å². The molecule has 7 nitrogen and oxygen atoms in total. The molecule has 2 aromatic carbocycles. The van der Waals surface area contributed by atoms with Crippen LogP contribution in [0.25, 0.3) is 22.6 Å². The Morgan fingerprint density at radius 2 is 1.74 bits per heavy atom. The second-order valence-electron chi connectivity index (χ2n) is 8.09. The molecule has 0 bridgehead atoms. The van der Waals surface area contributed by atoms with Crippen molar-refractivity contribution in [1.29, 1.82) is 0 Å². The van der Waals surface area contributed by atoms with Crippen molar-refractivity contribution >= 4 is 17.1 Å². The highest BCUT2D eigenvalue weighted by Gasteiger charge is 2.27. The predicted octanol–water partition coefficient (Wildman–Crippen LogP) is 3.17. The molecule has 0 aliphatic heterocycles. The summed E-state index contributed by atoms with van der Waals surface area (Å²) >= 11 is 0. The first-order valence-corrected chi connectivity index (χ1v) is 10.6. The molecule has 0 spiro atoms. The quantitative estimate of drug-likeness (QED) is 0.523. The van der Waals surface area contributed by atoms with Crippen LogP contribution >= 0.6 is 0 Å². The Hall–Kier alpha value is -3.45. The van der Waals surface area contributed by atoms with E-state index in [9.17, 15) is 9.90 Å². The molecule has 4 aromatic rings. The van der Waals surface area contributed by atoms with Gasteiger partial charge in [-0.3, -0.25) is 9.36 Å². The van der Waals surface area contributed by atoms with E-state index >= 15 is 0 Å². The van der Waals surface area contributed by atoms with Crippen LogP contribution in [-0.4, -0.2) is 36.4 Å². The molecule has 1 saturated carbocycles. The lowest BCUT2D eigenvalue weighted by molar-refractivity contribution is 0.171. The zero-order valence-electron chi connectivity index (χ0n) is 17.4. The molecule has 0 saturated heterocycles. The summed E-state index contributed by atoms with van der Waals surface area (Å²) < 4.78 is 3.47. The molecule has 2 atom stereocenters. The minimum absolute atomic E-state index is 0.101. The largest absolute Gasteiger partial charge is 0.391 e. The van der Waals surface area contributed by atoms with Gasteiger partial charge in [-0.25, -0.2) is 4.98 Å². The Bertz CT molecular complexity index is 1260. The summed E-state index contributed by atoms with van der Waals surface area (Å²) in [6.45, 7) is 0.520. The standard InChI is InChI=1S/C24H25N5O2/c1-28-23(31)20-21(27-24(28)25-18-13-8-14-19(18)30)26-22(17-11-6-3-7-12-17)29(20)15-16-9-4-2-5-10-16/h2-7,9-12,18-19,30H,8,13-15H2,1H3,(H,25,27). The molecule has 1 fully saturated rings. The Balaban J connectivity index is 1.67. The maximum atomic E-state index is 13.4. The number of hydrogen-bond donors (Lipinski definition) is 2. The van der Waals surface area contributed by atoms with Gasteiger partial charge in [0.05, 0.1) is 12.1 Å². The van der Waals surface area contributed by atoms with Crippen molar-refractivity contribution in [2.75, 3.05) is 5.32 Å². The highest BCUT2D eigenvalue weighted by molar-refractivity contribution is 5.78. The van der Waals surface area contributed by atoms with Crippen molar-refractivity contribution in [2.24, 2.45) is 7.05 Å². The minimum Gasteiger partial charge on any atom is -0.391 e. The molecular weight excluding hydrogens is 390 g/mol. The van der Waals surface area contributed by atoms with E-state index in [4.69, 9.17) is 9.97 Å². The topological polar surface area (TPSA) is 85.0 Å². The summed E-state index contributed by atoms with van der Waals surface area (Å²) in [4.78, 5) is 22.9. The fourth-order valence-corrected chi connectivity index (χ4v) is 4.29. The third kappa shape index (κ3) is 3.61. The first-order chi connectivity index (χ1) is 15.1. The number of nitrogens with zero attached hydrogens (tertiary/aromatic N) is 4. The maximum absolute atomic E-state index is 13.4. The lowest BCUT2D eigenvalue weighted by Crippen LogP contribution is -2.32. The lowest BCUT2D eigenvalue weighted by Gasteiger charge is -2.18. The Morgan fingerprint density at radius 3 is 2.42 bits per heavy atom. The average molecular weight is 415 g/mol. The number of anilines is 1. The number of aromatic nitrogens is 4. The van der Waals surface area contributed by atoms with Crippen molar-refractivity contribution < 1.29 is 5.11 Å². The minimum atomic E-state index is -0.428. The molecule has 7 heteroatoms. The van der Waals surface area contributed by atoms with Crippen LogP contribution in [0.5, 0.6) is 0 Å². The van der Waals surface area contributed by atoms with Crippen molar-refractivity contribution in [3.05, 3.63) is 76.6 Å². The van der Waals surface area contributed by atoms with Crippen molar-refractivity contribution in [3.63, 3.8) is 0 Å². The van der Waals surface area contributed by atoms with E-state index in [0.717, 1.165) is 30.4 Å².